The van der Waals surface area contributed by atoms with Crippen molar-refractivity contribution in [2.75, 3.05) is 18.2 Å². The summed E-state index contributed by atoms with van der Waals surface area (Å²) in [5.41, 5.74) is 4.75. The fourth-order valence-electron chi connectivity index (χ4n) is 0.785. The first-order valence-electron chi connectivity index (χ1n) is 4.29. The zero-order valence-electron chi connectivity index (χ0n) is 8.31. The molecular weight excluding hydrogens is 244 g/mol. The maximum Gasteiger partial charge on any atom is 0.247 e. The molecule has 0 rings (SSSR count). The van der Waals surface area contributed by atoms with Gasteiger partial charge in [-0.2, -0.15) is 0 Å². The zero-order valence-corrected chi connectivity index (χ0v) is 9.88. The van der Waals surface area contributed by atoms with Gasteiger partial charge in [0, 0.05) is 12.4 Å². The van der Waals surface area contributed by atoms with Crippen molar-refractivity contribution >= 4 is 27.5 Å². The van der Waals surface area contributed by atoms with Crippen LogP contribution in [-0.4, -0.2) is 43.7 Å². The largest absolute Gasteiger partial charge is 0.382 e. The number of alkyl halides is 1. The molecule has 0 heterocycles. The van der Waals surface area contributed by atoms with Crippen LogP contribution in [0.3, 0.4) is 0 Å². The van der Waals surface area contributed by atoms with Crippen molar-refractivity contribution < 1.29 is 18.3 Å². The summed E-state index contributed by atoms with van der Waals surface area (Å²) in [5, 5.41) is 8.95. The summed E-state index contributed by atoms with van der Waals surface area (Å²) in [7, 11) is -3.52. The second kappa shape index (κ2) is 6.26. The second-order valence-electron chi connectivity index (χ2n) is 3.31. The molecular formula is C7H15ClN2O4S. The average Bonchev–Trinajstić information content (AvgIpc) is 2.13. The van der Waals surface area contributed by atoms with Gasteiger partial charge in [0.1, 0.15) is 6.10 Å². The monoisotopic (exact) mass is 258 g/mol. The molecule has 90 valence electrons. The lowest BCUT2D eigenvalue weighted by Gasteiger charge is -2.11. The topological polar surface area (TPSA) is 109 Å². The lowest BCUT2D eigenvalue weighted by Crippen LogP contribution is -2.41. The van der Waals surface area contributed by atoms with Crippen molar-refractivity contribution in [1.82, 2.24) is 4.72 Å². The number of aliphatic hydroxyl groups excluding tert-OH is 1. The molecule has 0 aliphatic carbocycles. The van der Waals surface area contributed by atoms with Crippen molar-refractivity contribution in [2.45, 2.75) is 13.0 Å². The summed E-state index contributed by atoms with van der Waals surface area (Å²) in [5.74, 6) is -1.10. The highest BCUT2D eigenvalue weighted by atomic mass is 35.5. The van der Waals surface area contributed by atoms with Crippen LogP contribution in [0.25, 0.3) is 0 Å². The molecule has 0 radical (unpaired) electrons. The van der Waals surface area contributed by atoms with Crippen molar-refractivity contribution in [1.29, 1.82) is 0 Å². The Morgan fingerprint density at radius 3 is 2.53 bits per heavy atom. The number of amides is 1. The van der Waals surface area contributed by atoms with E-state index < -0.39 is 28.6 Å². The number of hydrogen-bond donors (Lipinski definition) is 3. The van der Waals surface area contributed by atoms with Crippen molar-refractivity contribution in [3.63, 3.8) is 0 Å². The molecule has 2 unspecified atom stereocenters. The highest BCUT2D eigenvalue weighted by Crippen LogP contribution is 2.01. The van der Waals surface area contributed by atoms with Gasteiger partial charge in [0.15, 0.2) is 0 Å². The molecule has 0 saturated carbocycles. The number of nitrogens with one attached hydrogen (secondary N) is 1. The van der Waals surface area contributed by atoms with E-state index in [4.69, 9.17) is 22.4 Å². The number of nitrogens with two attached hydrogens (primary N) is 1. The smallest absolute Gasteiger partial charge is 0.247 e. The maximum atomic E-state index is 11.3. The molecule has 4 N–H and O–H groups in total. The third-order valence-corrected chi connectivity index (χ3v) is 3.73. The summed E-state index contributed by atoms with van der Waals surface area (Å²) in [6, 6.07) is 0. The Balaban J connectivity index is 4.11. The predicted octanol–water partition coefficient (Wildman–Crippen LogP) is -1.37. The Morgan fingerprint density at radius 1 is 1.60 bits per heavy atom. The van der Waals surface area contributed by atoms with Crippen LogP contribution in [0.15, 0.2) is 0 Å². The van der Waals surface area contributed by atoms with E-state index in [0.29, 0.717) is 0 Å². The molecule has 2 atom stereocenters. The van der Waals surface area contributed by atoms with E-state index in [1.807, 2.05) is 0 Å². The number of sulfonamides is 1. The van der Waals surface area contributed by atoms with Crippen LogP contribution in [0, 0.1) is 5.92 Å². The van der Waals surface area contributed by atoms with Gasteiger partial charge in [0.2, 0.25) is 15.9 Å². The van der Waals surface area contributed by atoms with Crippen LogP contribution in [0.2, 0.25) is 0 Å². The fourth-order valence-corrected chi connectivity index (χ4v) is 2.42. The zero-order chi connectivity index (χ0) is 12.1. The van der Waals surface area contributed by atoms with Gasteiger partial charge in [-0.15, -0.1) is 11.6 Å². The summed E-state index contributed by atoms with van der Waals surface area (Å²) >= 11 is 5.46. The van der Waals surface area contributed by atoms with Crippen molar-refractivity contribution in [3.8, 4) is 0 Å². The van der Waals surface area contributed by atoms with Crippen LogP contribution in [-0.2, 0) is 14.8 Å². The van der Waals surface area contributed by atoms with Crippen molar-refractivity contribution in [3.05, 3.63) is 0 Å². The second-order valence-corrected chi connectivity index (χ2v) is 5.47. The number of aliphatic hydroxyl groups is 1. The summed E-state index contributed by atoms with van der Waals surface area (Å²) < 4.78 is 24.7. The predicted molar refractivity (Wildman–Crippen MR) is 56.9 cm³/mol. The van der Waals surface area contributed by atoms with Crippen LogP contribution >= 0.6 is 11.6 Å². The van der Waals surface area contributed by atoms with Gasteiger partial charge in [-0.3, -0.25) is 4.79 Å². The van der Waals surface area contributed by atoms with E-state index in [0.717, 1.165) is 0 Å². The summed E-state index contributed by atoms with van der Waals surface area (Å²) in [6.45, 7) is 1.27. The molecule has 0 spiro atoms. The third kappa shape index (κ3) is 6.67. The van der Waals surface area contributed by atoms with Gasteiger partial charge in [0.05, 0.1) is 5.75 Å². The molecule has 15 heavy (non-hydrogen) atoms. The molecule has 0 aromatic heterocycles. The minimum Gasteiger partial charge on any atom is -0.382 e. The molecule has 1 amide bonds. The van der Waals surface area contributed by atoms with E-state index in [1.54, 1.807) is 6.92 Å². The molecule has 0 saturated heterocycles. The van der Waals surface area contributed by atoms with Gasteiger partial charge in [-0.1, -0.05) is 6.92 Å². The molecule has 6 nitrogen and oxygen atoms in total. The van der Waals surface area contributed by atoms with Crippen LogP contribution in [0.4, 0.5) is 0 Å². The quantitative estimate of drug-likeness (QED) is 0.489. The first-order valence-corrected chi connectivity index (χ1v) is 6.48. The highest BCUT2D eigenvalue weighted by Gasteiger charge is 2.18. The Kier molecular flexibility index (Phi) is 6.11. The lowest BCUT2D eigenvalue weighted by molar-refractivity contribution is -0.125. The van der Waals surface area contributed by atoms with Gasteiger partial charge in [-0.05, 0) is 5.92 Å². The van der Waals surface area contributed by atoms with Crippen LogP contribution in [0.5, 0.6) is 0 Å². The molecule has 0 aromatic carbocycles. The van der Waals surface area contributed by atoms with E-state index in [2.05, 4.69) is 4.72 Å². The molecule has 0 aliphatic rings. The minimum atomic E-state index is -3.52. The van der Waals surface area contributed by atoms with Gasteiger partial charge < -0.3 is 10.8 Å². The third-order valence-electron chi connectivity index (χ3n) is 1.59. The Labute approximate surface area is 93.8 Å². The van der Waals surface area contributed by atoms with E-state index in [-0.39, 0.29) is 17.6 Å². The summed E-state index contributed by atoms with van der Waals surface area (Å²) in [4.78, 5) is 10.4. The molecule has 8 heteroatoms. The number of rotatable bonds is 7. The number of carbonyl (C=O) groups is 1. The van der Waals surface area contributed by atoms with Crippen molar-refractivity contribution in [2.24, 2.45) is 11.7 Å². The standard InChI is InChI=1S/C7H15ClN2O4S/c1-5(2-8)4-15(13,14)10-3-6(11)7(9)12/h5-6,10-11H,2-4H2,1H3,(H2,9,12). The molecule has 0 aliphatic heterocycles. The number of hydrogen-bond acceptors (Lipinski definition) is 4. The summed E-state index contributed by atoms with van der Waals surface area (Å²) in [6.07, 6.45) is -1.51. The van der Waals surface area contributed by atoms with E-state index >= 15 is 0 Å². The highest BCUT2D eigenvalue weighted by molar-refractivity contribution is 7.89. The maximum absolute atomic E-state index is 11.3. The molecule has 0 bridgehead atoms. The average molecular weight is 259 g/mol. The normalized spacial score (nSPS) is 15.9. The SMILES string of the molecule is CC(CCl)CS(=O)(=O)NCC(O)C(N)=O. The lowest BCUT2D eigenvalue weighted by atomic mass is 10.3. The van der Waals surface area contributed by atoms with E-state index in [1.165, 1.54) is 0 Å². The first-order chi connectivity index (χ1) is 6.78. The molecule has 0 aromatic rings. The number of primary amides is 1. The molecule has 0 fully saturated rings. The Hall–Kier alpha value is -0.370. The Morgan fingerprint density at radius 2 is 2.13 bits per heavy atom. The van der Waals surface area contributed by atoms with Crippen LogP contribution in [0.1, 0.15) is 6.92 Å². The first kappa shape index (κ1) is 14.6. The fraction of sp³-hybridized carbons (Fsp3) is 0.857. The van der Waals surface area contributed by atoms with Gasteiger partial charge >= 0.3 is 0 Å². The van der Waals surface area contributed by atoms with Gasteiger partial charge in [0.25, 0.3) is 0 Å². The number of halogens is 1. The van der Waals surface area contributed by atoms with E-state index in [9.17, 15) is 13.2 Å². The van der Waals surface area contributed by atoms with Gasteiger partial charge in [-0.25, -0.2) is 13.1 Å². The van der Waals surface area contributed by atoms with Crippen LogP contribution < -0.4 is 10.5 Å². The minimum absolute atomic E-state index is 0.151. The number of carbonyl (C=O) groups excluding carboxylic acids is 1. The Bertz CT molecular complexity index is 306.